The molecule has 1 aromatic heterocycles. The lowest BCUT2D eigenvalue weighted by Crippen LogP contribution is -2.04. The molecule has 0 aliphatic carbocycles. The summed E-state index contributed by atoms with van der Waals surface area (Å²) < 4.78 is 13.7. The molecule has 1 heterocycles. The van der Waals surface area contributed by atoms with E-state index in [1.165, 1.54) is 18.5 Å². The molecule has 1 unspecified atom stereocenters. The monoisotopic (exact) mass is 285 g/mol. The van der Waals surface area contributed by atoms with Crippen LogP contribution in [0.25, 0.3) is 0 Å². The van der Waals surface area contributed by atoms with Crippen LogP contribution in [0, 0.1) is 5.82 Å². The summed E-state index contributed by atoms with van der Waals surface area (Å²) in [5.41, 5.74) is 0.869. The van der Waals surface area contributed by atoms with Crippen molar-refractivity contribution in [1.82, 2.24) is 4.98 Å². The first-order valence-corrected chi connectivity index (χ1v) is 6.05. The third kappa shape index (κ3) is 2.80. The topological polar surface area (TPSA) is 33.1 Å². The van der Waals surface area contributed by atoms with Gasteiger partial charge in [0.15, 0.2) is 0 Å². The second-order valence-electron chi connectivity index (χ2n) is 3.83. The van der Waals surface area contributed by atoms with Crippen LogP contribution in [-0.4, -0.2) is 10.1 Å². The fourth-order valence-corrected chi connectivity index (χ4v) is 2.12. The van der Waals surface area contributed by atoms with E-state index in [0.29, 0.717) is 16.1 Å². The molecular weight excluding hydrogens is 276 g/mol. The summed E-state index contributed by atoms with van der Waals surface area (Å²) in [6, 6.07) is 6.29. The summed E-state index contributed by atoms with van der Waals surface area (Å²) in [6.45, 7) is 0. The maximum absolute atomic E-state index is 13.7. The van der Waals surface area contributed by atoms with Crippen molar-refractivity contribution < 1.29 is 9.50 Å². The molecular formula is C13H10Cl2FNO. The average Bonchev–Trinajstić information content (AvgIpc) is 2.35. The second kappa shape index (κ2) is 5.65. The molecule has 0 aliphatic heterocycles. The van der Waals surface area contributed by atoms with Gasteiger partial charge in [-0.25, -0.2) is 4.39 Å². The zero-order chi connectivity index (χ0) is 13.1. The van der Waals surface area contributed by atoms with Crippen molar-refractivity contribution in [3.8, 4) is 0 Å². The Morgan fingerprint density at radius 2 is 2.00 bits per heavy atom. The van der Waals surface area contributed by atoms with Crippen LogP contribution >= 0.6 is 23.2 Å². The summed E-state index contributed by atoms with van der Waals surface area (Å²) in [6.07, 6.45) is 2.18. The van der Waals surface area contributed by atoms with Gasteiger partial charge < -0.3 is 5.11 Å². The van der Waals surface area contributed by atoms with Crippen molar-refractivity contribution in [2.45, 2.75) is 12.5 Å². The molecule has 2 aromatic rings. The number of aliphatic hydroxyl groups is 1. The Balaban J connectivity index is 2.24. The Labute approximate surface area is 114 Å². The van der Waals surface area contributed by atoms with Gasteiger partial charge in [0.25, 0.3) is 0 Å². The number of halogens is 3. The number of pyridine rings is 1. The van der Waals surface area contributed by atoms with Gasteiger partial charge in [-0.2, -0.15) is 0 Å². The van der Waals surface area contributed by atoms with Gasteiger partial charge in [0.05, 0.1) is 16.1 Å². The normalized spacial score (nSPS) is 12.4. The maximum Gasteiger partial charge on any atom is 0.145 e. The van der Waals surface area contributed by atoms with Crippen molar-refractivity contribution in [3.63, 3.8) is 0 Å². The Kier molecular flexibility index (Phi) is 4.17. The Bertz CT molecular complexity index is 562. The van der Waals surface area contributed by atoms with E-state index < -0.39 is 11.9 Å². The number of hydrogen-bond donors (Lipinski definition) is 1. The average molecular weight is 286 g/mol. The molecule has 94 valence electrons. The highest BCUT2D eigenvalue weighted by molar-refractivity contribution is 6.31. The van der Waals surface area contributed by atoms with E-state index in [4.69, 9.17) is 23.2 Å². The highest BCUT2D eigenvalue weighted by Gasteiger charge is 2.15. The lowest BCUT2D eigenvalue weighted by molar-refractivity contribution is 0.177. The van der Waals surface area contributed by atoms with Gasteiger partial charge in [-0.1, -0.05) is 35.3 Å². The second-order valence-corrected chi connectivity index (χ2v) is 4.64. The molecule has 0 amide bonds. The van der Waals surface area contributed by atoms with E-state index in [2.05, 4.69) is 4.98 Å². The lowest BCUT2D eigenvalue weighted by Gasteiger charge is -2.13. The number of nitrogens with zero attached hydrogens (tertiary/aromatic N) is 1. The van der Waals surface area contributed by atoms with E-state index in [1.54, 1.807) is 18.2 Å². The standard InChI is InChI=1S/C13H10Cl2FNO/c14-10-3-1-2-8(13(10)16)6-12(18)9-4-5-17-7-11(9)15/h1-5,7,12,18H,6H2. The van der Waals surface area contributed by atoms with Crippen LogP contribution < -0.4 is 0 Å². The SMILES string of the molecule is OC(Cc1cccc(Cl)c1F)c1ccncc1Cl. The molecule has 0 saturated heterocycles. The van der Waals surface area contributed by atoms with Crippen molar-refractivity contribution in [3.05, 3.63) is 63.6 Å². The summed E-state index contributed by atoms with van der Waals surface area (Å²) in [4.78, 5) is 3.83. The molecule has 5 heteroatoms. The number of aromatic nitrogens is 1. The minimum absolute atomic E-state index is 0.0422. The largest absolute Gasteiger partial charge is 0.388 e. The minimum Gasteiger partial charge on any atom is -0.388 e. The number of hydrogen-bond acceptors (Lipinski definition) is 2. The summed E-state index contributed by atoms with van der Waals surface area (Å²) in [5, 5.41) is 10.4. The predicted octanol–water partition coefficient (Wildman–Crippen LogP) is 3.80. The first-order valence-electron chi connectivity index (χ1n) is 5.30. The zero-order valence-corrected chi connectivity index (χ0v) is 10.8. The van der Waals surface area contributed by atoms with Gasteiger partial charge in [0.2, 0.25) is 0 Å². The molecule has 0 spiro atoms. The number of rotatable bonds is 3. The smallest absolute Gasteiger partial charge is 0.145 e. The van der Waals surface area contributed by atoms with Crippen LogP contribution in [0.2, 0.25) is 10.0 Å². The quantitative estimate of drug-likeness (QED) is 0.930. The van der Waals surface area contributed by atoms with E-state index in [9.17, 15) is 9.50 Å². The van der Waals surface area contributed by atoms with Gasteiger partial charge in [-0.15, -0.1) is 0 Å². The zero-order valence-electron chi connectivity index (χ0n) is 9.28. The van der Waals surface area contributed by atoms with Crippen LogP contribution in [0.5, 0.6) is 0 Å². The predicted molar refractivity (Wildman–Crippen MR) is 69.3 cm³/mol. The molecule has 2 rings (SSSR count). The molecule has 2 nitrogen and oxygen atoms in total. The van der Waals surface area contributed by atoms with E-state index in [0.717, 1.165) is 0 Å². The minimum atomic E-state index is -0.895. The Morgan fingerprint density at radius 3 is 2.72 bits per heavy atom. The summed E-state index contributed by atoms with van der Waals surface area (Å²) in [5.74, 6) is -0.511. The Hall–Kier alpha value is -1.16. The molecule has 0 radical (unpaired) electrons. The number of benzene rings is 1. The van der Waals surface area contributed by atoms with Crippen LogP contribution in [0.1, 0.15) is 17.2 Å². The summed E-state index contributed by atoms with van der Waals surface area (Å²) >= 11 is 11.6. The summed E-state index contributed by atoms with van der Waals surface area (Å²) in [7, 11) is 0. The van der Waals surface area contributed by atoms with E-state index in [-0.39, 0.29) is 11.4 Å². The fourth-order valence-electron chi connectivity index (χ4n) is 1.68. The van der Waals surface area contributed by atoms with Crippen LogP contribution in [0.4, 0.5) is 4.39 Å². The molecule has 0 bridgehead atoms. The Morgan fingerprint density at radius 1 is 1.22 bits per heavy atom. The molecule has 1 aromatic carbocycles. The van der Waals surface area contributed by atoms with E-state index >= 15 is 0 Å². The van der Waals surface area contributed by atoms with Crippen molar-refractivity contribution >= 4 is 23.2 Å². The maximum atomic E-state index is 13.7. The third-order valence-corrected chi connectivity index (χ3v) is 3.22. The van der Waals surface area contributed by atoms with Gasteiger partial charge in [0.1, 0.15) is 5.82 Å². The molecule has 1 N–H and O–H groups in total. The first-order chi connectivity index (χ1) is 8.59. The highest BCUT2D eigenvalue weighted by atomic mass is 35.5. The lowest BCUT2D eigenvalue weighted by atomic mass is 10.0. The molecule has 18 heavy (non-hydrogen) atoms. The van der Waals surface area contributed by atoms with Gasteiger partial charge in [-0.3, -0.25) is 4.98 Å². The molecule has 0 aliphatic rings. The first kappa shape index (κ1) is 13.3. The molecule has 0 fully saturated rings. The van der Waals surface area contributed by atoms with Crippen molar-refractivity contribution in [2.75, 3.05) is 0 Å². The van der Waals surface area contributed by atoms with Crippen LogP contribution in [0.3, 0.4) is 0 Å². The third-order valence-electron chi connectivity index (χ3n) is 2.61. The molecule has 1 atom stereocenters. The highest BCUT2D eigenvalue weighted by Crippen LogP contribution is 2.27. The van der Waals surface area contributed by atoms with Crippen molar-refractivity contribution in [2.24, 2.45) is 0 Å². The van der Waals surface area contributed by atoms with E-state index in [1.807, 2.05) is 0 Å². The van der Waals surface area contributed by atoms with Crippen molar-refractivity contribution in [1.29, 1.82) is 0 Å². The molecule has 0 saturated carbocycles. The van der Waals surface area contributed by atoms with Crippen LogP contribution in [0.15, 0.2) is 36.7 Å². The van der Waals surface area contributed by atoms with Gasteiger partial charge in [0, 0.05) is 24.4 Å². The van der Waals surface area contributed by atoms with Crippen LogP contribution in [-0.2, 0) is 6.42 Å². The van der Waals surface area contributed by atoms with Gasteiger partial charge in [-0.05, 0) is 17.7 Å². The number of aliphatic hydroxyl groups excluding tert-OH is 1. The van der Waals surface area contributed by atoms with Gasteiger partial charge >= 0.3 is 0 Å². The fraction of sp³-hybridized carbons (Fsp3) is 0.154.